The van der Waals surface area contributed by atoms with E-state index < -0.39 is 17.5 Å². The van der Waals surface area contributed by atoms with E-state index in [0.717, 1.165) is 9.78 Å². The highest BCUT2D eigenvalue weighted by molar-refractivity contribution is 7.13. The van der Waals surface area contributed by atoms with Gasteiger partial charge >= 0.3 is 6.03 Å². The molecule has 1 atom stereocenters. The molecule has 1 N–H and O–H groups in total. The maximum Gasteiger partial charge on any atom is 0.325 e. The summed E-state index contributed by atoms with van der Waals surface area (Å²) >= 11 is 1.47. The Morgan fingerprint density at radius 2 is 2.21 bits per heavy atom. The number of furan rings is 1. The SMILES string of the molecule is CC1(c2ccco2)NC(=O)N(Cc2nc(-c3cccs3)no2)C1=O. The van der Waals surface area contributed by atoms with Gasteiger partial charge in [-0.25, -0.2) is 4.79 Å². The van der Waals surface area contributed by atoms with E-state index in [1.165, 1.54) is 17.6 Å². The van der Waals surface area contributed by atoms with Gasteiger partial charge in [0.2, 0.25) is 11.7 Å². The van der Waals surface area contributed by atoms with Crippen LogP contribution in [0.3, 0.4) is 0 Å². The quantitative estimate of drug-likeness (QED) is 0.729. The summed E-state index contributed by atoms with van der Waals surface area (Å²) in [4.78, 5) is 31.0. The molecule has 3 amide bonds. The predicted molar refractivity (Wildman–Crippen MR) is 82.8 cm³/mol. The molecule has 3 aromatic heterocycles. The summed E-state index contributed by atoms with van der Waals surface area (Å²) < 4.78 is 10.4. The Kier molecular flexibility index (Phi) is 3.24. The zero-order chi connectivity index (χ0) is 16.7. The van der Waals surface area contributed by atoms with Crippen molar-refractivity contribution in [2.45, 2.75) is 19.0 Å². The minimum Gasteiger partial charge on any atom is -0.466 e. The summed E-state index contributed by atoms with van der Waals surface area (Å²) in [7, 11) is 0. The third-order valence-electron chi connectivity index (χ3n) is 3.79. The van der Waals surface area contributed by atoms with Gasteiger partial charge in [0.15, 0.2) is 5.54 Å². The largest absolute Gasteiger partial charge is 0.466 e. The molecule has 24 heavy (non-hydrogen) atoms. The molecule has 0 saturated carbocycles. The fraction of sp³-hybridized carbons (Fsp3) is 0.200. The zero-order valence-corrected chi connectivity index (χ0v) is 13.4. The maximum atomic E-state index is 12.7. The lowest BCUT2D eigenvalue weighted by atomic mass is 9.99. The zero-order valence-electron chi connectivity index (χ0n) is 12.6. The monoisotopic (exact) mass is 344 g/mol. The number of carbonyl (C=O) groups is 2. The molecule has 8 nitrogen and oxygen atoms in total. The van der Waals surface area contributed by atoms with Gasteiger partial charge in [0, 0.05) is 0 Å². The number of thiophene rings is 1. The van der Waals surface area contributed by atoms with Crippen molar-refractivity contribution < 1.29 is 18.5 Å². The second kappa shape index (κ2) is 5.31. The van der Waals surface area contributed by atoms with E-state index in [0.29, 0.717) is 11.6 Å². The first-order valence-electron chi connectivity index (χ1n) is 7.12. The average Bonchev–Trinajstić information content (AvgIpc) is 3.34. The summed E-state index contributed by atoms with van der Waals surface area (Å²) in [6.07, 6.45) is 1.45. The van der Waals surface area contributed by atoms with Crippen LogP contribution in [0.1, 0.15) is 18.6 Å². The van der Waals surface area contributed by atoms with Crippen molar-refractivity contribution in [2.24, 2.45) is 0 Å². The fourth-order valence-electron chi connectivity index (χ4n) is 2.53. The Bertz CT molecular complexity index is 887. The highest BCUT2D eigenvalue weighted by Crippen LogP contribution is 2.30. The lowest BCUT2D eigenvalue weighted by Crippen LogP contribution is -2.40. The second-order valence-corrected chi connectivity index (χ2v) is 6.36. The van der Waals surface area contributed by atoms with E-state index in [4.69, 9.17) is 8.94 Å². The van der Waals surface area contributed by atoms with Crippen molar-refractivity contribution in [3.05, 3.63) is 47.6 Å². The van der Waals surface area contributed by atoms with Crippen LogP contribution in [-0.4, -0.2) is 27.0 Å². The Morgan fingerprint density at radius 3 is 2.92 bits per heavy atom. The minimum atomic E-state index is -1.24. The van der Waals surface area contributed by atoms with Gasteiger partial charge in [0.05, 0.1) is 11.1 Å². The van der Waals surface area contributed by atoms with Gasteiger partial charge in [-0.2, -0.15) is 4.98 Å². The number of amides is 3. The number of urea groups is 1. The summed E-state index contributed by atoms with van der Waals surface area (Å²) in [5.74, 6) is 0.554. The van der Waals surface area contributed by atoms with Gasteiger partial charge < -0.3 is 14.3 Å². The molecule has 0 aliphatic carbocycles. The van der Waals surface area contributed by atoms with E-state index in [1.54, 1.807) is 19.1 Å². The first kappa shape index (κ1) is 14.6. The van der Waals surface area contributed by atoms with Crippen LogP contribution in [0.5, 0.6) is 0 Å². The third kappa shape index (κ3) is 2.21. The summed E-state index contributed by atoms with van der Waals surface area (Å²) in [6.45, 7) is 1.50. The summed E-state index contributed by atoms with van der Waals surface area (Å²) in [5.41, 5.74) is -1.24. The molecule has 1 aliphatic heterocycles. The van der Waals surface area contributed by atoms with Gasteiger partial charge in [-0.05, 0) is 30.5 Å². The standard InChI is InChI=1S/C15H12N4O4S/c1-15(10-5-2-6-22-10)13(20)19(14(21)17-15)8-11-16-12(18-23-11)9-4-3-7-24-9/h2-7H,8H2,1H3,(H,17,21). The molecule has 0 radical (unpaired) electrons. The Morgan fingerprint density at radius 1 is 1.33 bits per heavy atom. The highest BCUT2D eigenvalue weighted by atomic mass is 32.1. The number of hydrogen-bond acceptors (Lipinski definition) is 7. The Balaban J connectivity index is 1.57. The molecule has 1 fully saturated rings. The lowest BCUT2D eigenvalue weighted by Gasteiger charge is -2.18. The van der Waals surface area contributed by atoms with Crippen molar-refractivity contribution in [1.82, 2.24) is 20.4 Å². The molecule has 1 aliphatic rings. The van der Waals surface area contributed by atoms with Crippen LogP contribution < -0.4 is 5.32 Å². The lowest BCUT2D eigenvalue weighted by molar-refractivity contribution is -0.132. The molecule has 1 unspecified atom stereocenters. The van der Waals surface area contributed by atoms with E-state index in [1.807, 2.05) is 17.5 Å². The van der Waals surface area contributed by atoms with Gasteiger partial charge in [-0.1, -0.05) is 11.2 Å². The number of imide groups is 1. The topological polar surface area (TPSA) is 101 Å². The number of aromatic nitrogens is 2. The Hall–Kier alpha value is -2.94. The van der Waals surface area contributed by atoms with Gasteiger partial charge in [-0.3, -0.25) is 9.69 Å². The molecular weight excluding hydrogens is 332 g/mol. The molecule has 1 saturated heterocycles. The average molecular weight is 344 g/mol. The minimum absolute atomic E-state index is 0.0979. The first-order valence-corrected chi connectivity index (χ1v) is 8.00. The third-order valence-corrected chi connectivity index (χ3v) is 4.66. The maximum absolute atomic E-state index is 12.7. The van der Waals surface area contributed by atoms with Gasteiger partial charge in [-0.15, -0.1) is 11.3 Å². The molecule has 122 valence electrons. The first-order chi connectivity index (χ1) is 11.6. The highest BCUT2D eigenvalue weighted by Gasteiger charge is 2.51. The predicted octanol–water partition coefficient (Wildman–Crippen LogP) is 2.36. The van der Waals surface area contributed by atoms with Gasteiger partial charge in [0.1, 0.15) is 12.3 Å². The molecule has 0 spiro atoms. The van der Waals surface area contributed by atoms with Crippen molar-refractivity contribution >= 4 is 23.3 Å². The molecule has 0 bridgehead atoms. The number of nitrogens with one attached hydrogen (secondary N) is 1. The van der Waals surface area contributed by atoms with Crippen molar-refractivity contribution in [1.29, 1.82) is 0 Å². The van der Waals surface area contributed by atoms with Crippen molar-refractivity contribution in [3.63, 3.8) is 0 Å². The molecule has 4 rings (SSSR count). The van der Waals surface area contributed by atoms with Gasteiger partial charge in [0.25, 0.3) is 5.91 Å². The molecule has 4 heterocycles. The summed E-state index contributed by atoms with van der Waals surface area (Å²) in [6, 6.07) is 6.51. The smallest absolute Gasteiger partial charge is 0.325 e. The molecule has 9 heteroatoms. The van der Waals surface area contributed by atoms with E-state index in [-0.39, 0.29) is 12.4 Å². The van der Waals surface area contributed by atoms with Crippen LogP contribution in [0.15, 0.2) is 44.8 Å². The fourth-order valence-corrected chi connectivity index (χ4v) is 3.18. The Labute approximate surface area is 140 Å². The van der Waals surface area contributed by atoms with E-state index in [2.05, 4.69) is 15.5 Å². The normalized spacial score (nSPS) is 20.6. The molecular formula is C15H12N4O4S. The van der Waals surface area contributed by atoms with Crippen LogP contribution in [0.2, 0.25) is 0 Å². The van der Waals surface area contributed by atoms with E-state index in [9.17, 15) is 9.59 Å². The van der Waals surface area contributed by atoms with Crippen LogP contribution in [0.4, 0.5) is 4.79 Å². The number of carbonyl (C=O) groups excluding carboxylic acids is 2. The van der Waals surface area contributed by atoms with Crippen LogP contribution >= 0.6 is 11.3 Å². The van der Waals surface area contributed by atoms with Crippen molar-refractivity contribution in [2.75, 3.05) is 0 Å². The van der Waals surface area contributed by atoms with Crippen LogP contribution in [0.25, 0.3) is 10.7 Å². The number of hydrogen-bond donors (Lipinski definition) is 1. The number of nitrogens with zero attached hydrogens (tertiary/aromatic N) is 3. The second-order valence-electron chi connectivity index (χ2n) is 5.41. The van der Waals surface area contributed by atoms with Crippen LogP contribution in [0, 0.1) is 0 Å². The molecule has 3 aromatic rings. The van der Waals surface area contributed by atoms with Crippen molar-refractivity contribution in [3.8, 4) is 10.7 Å². The summed E-state index contributed by atoms with van der Waals surface area (Å²) in [5, 5.41) is 8.42. The van der Waals surface area contributed by atoms with Crippen LogP contribution in [-0.2, 0) is 16.9 Å². The van der Waals surface area contributed by atoms with E-state index >= 15 is 0 Å². The number of rotatable bonds is 4. The molecule has 0 aromatic carbocycles.